The molecule has 7 nitrogen and oxygen atoms in total. The molecular weight excluding hydrogens is 473 g/mol. The van der Waals surface area contributed by atoms with Crippen LogP contribution in [0.1, 0.15) is 38.4 Å². The van der Waals surface area contributed by atoms with Gasteiger partial charge in [-0.3, -0.25) is 4.98 Å². The number of halogens is 1. The van der Waals surface area contributed by atoms with Crippen LogP contribution >= 0.6 is 0 Å². The summed E-state index contributed by atoms with van der Waals surface area (Å²) in [5.41, 5.74) is 3.26. The SMILES string of the molecule is Cc1ccc2c3c(ccc2n1)OC[C@H](CN(CCCN1CCc2ccc(F)cc21)C(=O)OC(C)(C)C)O3. The Morgan fingerprint density at radius 1 is 1.22 bits per heavy atom. The average molecular weight is 508 g/mol. The van der Waals surface area contributed by atoms with E-state index in [4.69, 9.17) is 14.2 Å². The van der Waals surface area contributed by atoms with Crippen LogP contribution in [0.4, 0.5) is 14.9 Å². The molecule has 196 valence electrons. The fraction of sp³-hybridized carbons (Fsp3) is 0.448. The number of ether oxygens (including phenoxy) is 3. The molecule has 0 bridgehead atoms. The third kappa shape index (κ3) is 5.73. The number of amides is 1. The number of aryl methyl sites for hydroxylation is 1. The maximum atomic E-state index is 13.8. The van der Waals surface area contributed by atoms with Crippen molar-refractivity contribution >= 4 is 22.7 Å². The molecule has 3 aromatic rings. The zero-order chi connectivity index (χ0) is 26.2. The fourth-order valence-electron chi connectivity index (χ4n) is 4.90. The lowest BCUT2D eigenvalue weighted by Gasteiger charge is -2.33. The van der Waals surface area contributed by atoms with Gasteiger partial charge in [-0.25, -0.2) is 9.18 Å². The molecule has 2 aliphatic rings. The molecule has 0 aliphatic carbocycles. The molecule has 1 atom stereocenters. The van der Waals surface area contributed by atoms with Crippen molar-refractivity contribution in [3.05, 3.63) is 59.5 Å². The number of benzene rings is 2. The summed E-state index contributed by atoms with van der Waals surface area (Å²) in [5, 5.41) is 0.886. The fourth-order valence-corrected chi connectivity index (χ4v) is 4.90. The standard InChI is InChI=1S/C29H34FN3O4/c1-19-6-9-23-24(31-19)10-11-26-27(23)36-22(18-35-26)17-33(28(34)37-29(2,3)4)14-5-13-32-15-12-20-7-8-21(30)16-25(20)32/h6-11,16,22H,5,12-15,17-18H2,1-4H3/t22-/m0/s1. The van der Waals surface area contributed by atoms with Gasteiger partial charge < -0.3 is 24.0 Å². The first kappa shape index (κ1) is 25.1. The number of rotatable bonds is 6. The summed E-state index contributed by atoms with van der Waals surface area (Å²) in [6, 6.07) is 12.7. The maximum Gasteiger partial charge on any atom is 0.410 e. The third-order valence-corrected chi connectivity index (χ3v) is 6.61. The van der Waals surface area contributed by atoms with E-state index in [2.05, 4.69) is 9.88 Å². The number of pyridine rings is 1. The van der Waals surface area contributed by atoms with Crippen LogP contribution in [0.25, 0.3) is 10.9 Å². The molecule has 3 heterocycles. The first-order valence-corrected chi connectivity index (χ1v) is 12.9. The second kappa shape index (κ2) is 10.1. The van der Waals surface area contributed by atoms with Crippen molar-refractivity contribution in [1.29, 1.82) is 0 Å². The first-order valence-electron chi connectivity index (χ1n) is 12.9. The molecule has 1 amide bonds. The van der Waals surface area contributed by atoms with Crippen LogP contribution in [0.2, 0.25) is 0 Å². The number of fused-ring (bicyclic) bond motifs is 4. The van der Waals surface area contributed by atoms with Gasteiger partial charge in [0.1, 0.15) is 18.0 Å². The van der Waals surface area contributed by atoms with Crippen LogP contribution in [-0.4, -0.2) is 60.5 Å². The number of carbonyl (C=O) groups is 1. The summed E-state index contributed by atoms with van der Waals surface area (Å²) in [6.45, 7) is 10.2. The summed E-state index contributed by atoms with van der Waals surface area (Å²) < 4.78 is 31.9. The molecular formula is C29H34FN3O4. The van der Waals surface area contributed by atoms with Gasteiger partial charge in [-0.15, -0.1) is 0 Å². The molecule has 2 aromatic carbocycles. The van der Waals surface area contributed by atoms with Gasteiger partial charge in [0, 0.05) is 36.4 Å². The molecule has 37 heavy (non-hydrogen) atoms. The van der Waals surface area contributed by atoms with Crippen molar-refractivity contribution in [3.8, 4) is 11.5 Å². The minimum Gasteiger partial charge on any atom is -0.486 e. The molecule has 5 rings (SSSR count). The Morgan fingerprint density at radius 3 is 2.86 bits per heavy atom. The smallest absolute Gasteiger partial charge is 0.410 e. The molecule has 0 saturated heterocycles. The lowest BCUT2D eigenvalue weighted by Crippen LogP contribution is -2.46. The predicted octanol–water partition coefficient (Wildman–Crippen LogP) is 5.51. The summed E-state index contributed by atoms with van der Waals surface area (Å²) >= 11 is 0. The lowest BCUT2D eigenvalue weighted by molar-refractivity contribution is 0.00853. The van der Waals surface area contributed by atoms with Gasteiger partial charge in [0.15, 0.2) is 17.6 Å². The van der Waals surface area contributed by atoms with Crippen LogP contribution in [0, 0.1) is 12.7 Å². The zero-order valence-electron chi connectivity index (χ0n) is 21.9. The first-order chi connectivity index (χ1) is 17.7. The van der Waals surface area contributed by atoms with Crippen LogP contribution in [0.5, 0.6) is 11.5 Å². The average Bonchev–Trinajstić information content (AvgIpc) is 3.24. The van der Waals surface area contributed by atoms with Crippen molar-refractivity contribution in [2.75, 3.05) is 37.7 Å². The quantitative estimate of drug-likeness (QED) is 0.438. The summed E-state index contributed by atoms with van der Waals surface area (Å²) in [6.07, 6.45) is 0.879. The van der Waals surface area contributed by atoms with E-state index in [0.29, 0.717) is 37.6 Å². The van der Waals surface area contributed by atoms with Crippen molar-refractivity contribution in [1.82, 2.24) is 9.88 Å². The molecule has 1 aromatic heterocycles. The van der Waals surface area contributed by atoms with Crippen molar-refractivity contribution in [3.63, 3.8) is 0 Å². The zero-order valence-corrected chi connectivity index (χ0v) is 21.9. The number of aromatic nitrogens is 1. The van der Waals surface area contributed by atoms with E-state index in [1.54, 1.807) is 11.0 Å². The van der Waals surface area contributed by atoms with Gasteiger partial charge in [0.05, 0.1) is 12.1 Å². The highest BCUT2D eigenvalue weighted by Gasteiger charge is 2.30. The van der Waals surface area contributed by atoms with E-state index in [1.807, 2.05) is 58.0 Å². The van der Waals surface area contributed by atoms with Gasteiger partial charge >= 0.3 is 6.09 Å². The third-order valence-electron chi connectivity index (χ3n) is 6.61. The van der Waals surface area contributed by atoms with E-state index < -0.39 is 5.60 Å². The summed E-state index contributed by atoms with van der Waals surface area (Å²) in [5.74, 6) is 1.10. The normalized spacial score (nSPS) is 16.6. The van der Waals surface area contributed by atoms with Gasteiger partial charge in [0.25, 0.3) is 0 Å². The Balaban J connectivity index is 1.28. The highest BCUT2D eigenvalue weighted by atomic mass is 19.1. The van der Waals surface area contributed by atoms with E-state index in [9.17, 15) is 9.18 Å². The Labute approximate surface area is 217 Å². The van der Waals surface area contributed by atoms with E-state index in [-0.39, 0.29) is 18.0 Å². The molecule has 0 spiro atoms. The molecule has 0 unspecified atom stereocenters. The van der Waals surface area contributed by atoms with Crippen molar-refractivity contribution < 1.29 is 23.4 Å². The number of anilines is 1. The minimum absolute atomic E-state index is 0.228. The highest BCUT2D eigenvalue weighted by molar-refractivity contribution is 5.88. The summed E-state index contributed by atoms with van der Waals surface area (Å²) in [7, 11) is 0. The largest absolute Gasteiger partial charge is 0.486 e. The molecule has 8 heteroatoms. The highest BCUT2D eigenvalue weighted by Crippen LogP contribution is 2.38. The second-order valence-corrected chi connectivity index (χ2v) is 10.8. The van der Waals surface area contributed by atoms with Crippen LogP contribution in [0.3, 0.4) is 0 Å². The van der Waals surface area contributed by atoms with E-state index >= 15 is 0 Å². The predicted molar refractivity (Wildman–Crippen MR) is 141 cm³/mol. The van der Waals surface area contributed by atoms with Gasteiger partial charge in [-0.2, -0.15) is 0 Å². The molecule has 0 saturated carbocycles. The topological polar surface area (TPSA) is 64.1 Å². The second-order valence-electron chi connectivity index (χ2n) is 10.8. The summed E-state index contributed by atoms with van der Waals surface area (Å²) in [4.78, 5) is 21.6. The molecule has 0 radical (unpaired) electrons. The minimum atomic E-state index is -0.614. The number of carbonyl (C=O) groups excluding carboxylic acids is 1. The van der Waals surface area contributed by atoms with E-state index in [1.165, 1.54) is 6.07 Å². The Kier molecular flexibility index (Phi) is 6.84. The molecule has 2 aliphatic heterocycles. The maximum absolute atomic E-state index is 13.8. The van der Waals surface area contributed by atoms with Gasteiger partial charge in [0.2, 0.25) is 0 Å². The molecule has 0 N–H and O–H groups in total. The van der Waals surface area contributed by atoms with E-state index in [0.717, 1.165) is 47.4 Å². The number of nitrogens with zero attached hydrogens (tertiary/aromatic N) is 3. The Morgan fingerprint density at radius 2 is 2.05 bits per heavy atom. The van der Waals surface area contributed by atoms with Crippen LogP contribution < -0.4 is 14.4 Å². The van der Waals surface area contributed by atoms with Gasteiger partial charge in [-0.1, -0.05) is 6.07 Å². The van der Waals surface area contributed by atoms with Crippen molar-refractivity contribution in [2.45, 2.75) is 52.2 Å². The Bertz CT molecular complexity index is 1310. The Hall–Kier alpha value is -3.55. The van der Waals surface area contributed by atoms with Gasteiger partial charge in [-0.05, 0) is 82.5 Å². The number of hydrogen-bond donors (Lipinski definition) is 0. The van der Waals surface area contributed by atoms with Crippen LogP contribution in [-0.2, 0) is 11.2 Å². The molecule has 0 fully saturated rings. The van der Waals surface area contributed by atoms with Crippen molar-refractivity contribution in [2.24, 2.45) is 0 Å². The number of hydrogen-bond acceptors (Lipinski definition) is 6. The monoisotopic (exact) mass is 507 g/mol. The van der Waals surface area contributed by atoms with Crippen LogP contribution in [0.15, 0.2) is 42.5 Å². The lowest BCUT2D eigenvalue weighted by atomic mass is 10.1.